The van der Waals surface area contributed by atoms with Crippen molar-refractivity contribution in [3.63, 3.8) is 0 Å². The molecule has 1 aliphatic rings. The number of H-pyrrole nitrogens is 1. The number of rotatable bonds is 6. The average molecular weight is 567 g/mol. The first-order valence-electron chi connectivity index (χ1n) is 11.8. The van der Waals surface area contributed by atoms with Gasteiger partial charge in [-0.1, -0.05) is 0 Å². The quantitative estimate of drug-likeness (QED) is 0.165. The predicted octanol–water partition coefficient (Wildman–Crippen LogP) is 4.91. The van der Waals surface area contributed by atoms with E-state index in [1.54, 1.807) is 6.07 Å². The Bertz CT molecular complexity index is 1450. The summed E-state index contributed by atoms with van der Waals surface area (Å²) in [5.41, 5.74) is 3.12. The molecule has 1 aliphatic heterocycles. The van der Waals surface area contributed by atoms with Crippen molar-refractivity contribution in [2.24, 2.45) is 10.7 Å². The van der Waals surface area contributed by atoms with Crippen LogP contribution in [0.3, 0.4) is 0 Å². The fourth-order valence-corrected chi connectivity index (χ4v) is 4.06. The fraction of sp³-hybridized carbons (Fsp3) is 0.240. The monoisotopic (exact) mass is 567 g/mol. The Morgan fingerprint density at radius 1 is 1.02 bits per heavy atom. The first kappa shape index (κ1) is 28.6. The molecule has 15 heteroatoms. The number of ether oxygens (including phenoxy) is 1. The van der Waals surface area contributed by atoms with E-state index in [0.717, 1.165) is 12.4 Å². The summed E-state index contributed by atoms with van der Waals surface area (Å²) in [5.74, 6) is -3.60. The first-order valence-corrected chi connectivity index (χ1v) is 11.8. The van der Waals surface area contributed by atoms with Gasteiger partial charge in [0.15, 0.2) is 5.84 Å². The van der Waals surface area contributed by atoms with E-state index < -0.39 is 46.6 Å². The minimum absolute atomic E-state index is 0.0710. The number of aromatic nitrogens is 1. The van der Waals surface area contributed by atoms with Crippen molar-refractivity contribution >= 4 is 29.6 Å². The Balaban J connectivity index is 1.59. The fourth-order valence-electron chi connectivity index (χ4n) is 4.06. The summed E-state index contributed by atoms with van der Waals surface area (Å²) in [6, 6.07) is 3.04. The Morgan fingerprint density at radius 2 is 1.70 bits per heavy atom. The number of morpholine rings is 1. The summed E-state index contributed by atoms with van der Waals surface area (Å²) in [6.45, 7) is 2.79. The first-order chi connectivity index (χ1) is 19.0. The standard InChI is InChI=1S/C25H23F6N7O2/c26-17-2-1-13(25(29,30)31)7-20(17)36-24(39)37-21-10-18(27)15(9-19(21)28)16-8-14(11-38-3-5-40-6-4-38)35-22(16)23(33)34-12-32/h1-2,7-10,12,35H,3-6,11H2,(H3,32,33,34)(H2,36,37,39). The second-order valence-electron chi connectivity index (χ2n) is 8.68. The predicted molar refractivity (Wildman–Crippen MR) is 136 cm³/mol. The van der Waals surface area contributed by atoms with Gasteiger partial charge in [0.1, 0.15) is 17.5 Å². The van der Waals surface area contributed by atoms with E-state index in [4.69, 9.17) is 15.9 Å². The van der Waals surface area contributed by atoms with Crippen LogP contribution in [0.2, 0.25) is 0 Å². The molecule has 0 bridgehead atoms. The third kappa shape index (κ3) is 6.60. The van der Waals surface area contributed by atoms with E-state index in [9.17, 15) is 22.4 Å². The van der Waals surface area contributed by atoms with Crippen molar-refractivity contribution in [2.75, 3.05) is 36.9 Å². The van der Waals surface area contributed by atoms with Gasteiger partial charge in [-0.3, -0.25) is 10.3 Å². The van der Waals surface area contributed by atoms with Crippen LogP contribution in [0.5, 0.6) is 0 Å². The van der Waals surface area contributed by atoms with Gasteiger partial charge in [0.25, 0.3) is 0 Å². The lowest BCUT2D eigenvalue weighted by molar-refractivity contribution is -0.137. The number of alkyl halides is 3. The summed E-state index contributed by atoms with van der Waals surface area (Å²) in [6.07, 6.45) is -3.92. The zero-order valence-corrected chi connectivity index (χ0v) is 20.6. The second kappa shape index (κ2) is 11.8. The maximum Gasteiger partial charge on any atom is 0.416 e. The van der Waals surface area contributed by atoms with Crippen molar-refractivity contribution in [2.45, 2.75) is 12.7 Å². The molecule has 9 nitrogen and oxygen atoms in total. The van der Waals surface area contributed by atoms with Gasteiger partial charge in [-0.25, -0.2) is 23.0 Å². The van der Waals surface area contributed by atoms with Crippen LogP contribution in [0.1, 0.15) is 17.0 Å². The highest BCUT2D eigenvalue weighted by Gasteiger charge is 2.31. The summed E-state index contributed by atoms with van der Waals surface area (Å²) in [4.78, 5) is 21.1. The number of hydrogen-bond acceptors (Lipinski definition) is 4. The molecule has 0 spiro atoms. The smallest absolute Gasteiger partial charge is 0.390 e. The van der Waals surface area contributed by atoms with Crippen molar-refractivity contribution in [3.05, 3.63) is 70.8 Å². The van der Waals surface area contributed by atoms with E-state index in [0.29, 0.717) is 62.8 Å². The molecule has 1 aromatic heterocycles. The number of nitrogens with zero attached hydrogens (tertiary/aromatic N) is 2. The summed E-state index contributed by atoms with van der Waals surface area (Å²) >= 11 is 0. The zero-order chi connectivity index (χ0) is 29.0. The van der Waals surface area contributed by atoms with Crippen molar-refractivity contribution in [1.29, 1.82) is 5.41 Å². The van der Waals surface area contributed by atoms with Crippen molar-refractivity contribution in [3.8, 4) is 11.1 Å². The van der Waals surface area contributed by atoms with E-state index in [1.807, 2.05) is 10.6 Å². The number of nitrogens with one attached hydrogen (secondary N) is 4. The average Bonchev–Trinajstić information content (AvgIpc) is 3.31. The lowest BCUT2D eigenvalue weighted by Gasteiger charge is -2.25. The highest BCUT2D eigenvalue weighted by Crippen LogP contribution is 2.33. The van der Waals surface area contributed by atoms with E-state index in [-0.39, 0.29) is 22.7 Å². The molecule has 4 rings (SSSR count). The van der Waals surface area contributed by atoms with Crippen molar-refractivity contribution < 1.29 is 35.9 Å². The number of halogens is 6. The van der Waals surface area contributed by atoms with Gasteiger partial charge in [0.05, 0.1) is 42.2 Å². The van der Waals surface area contributed by atoms with Gasteiger partial charge in [-0.05, 0) is 30.3 Å². The Labute approximate surface area is 223 Å². The highest BCUT2D eigenvalue weighted by atomic mass is 19.4. The Kier molecular flexibility index (Phi) is 8.44. The molecule has 2 amide bonds. The number of urea groups is 1. The molecule has 0 unspecified atom stereocenters. The van der Waals surface area contributed by atoms with Crippen LogP contribution in [0.4, 0.5) is 42.5 Å². The van der Waals surface area contributed by atoms with Crippen LogP contribution in [0.15, 0.2) is 41.4 Å². The second-order valence-corrected chi connectivity index (χ2v) is 8.68. The zero-order valence-electron chi connectivity index (χ0n) is 20.6. The molecule has 2 heterocycles. The van der Waals surface area contributed by atoms with Gasteiger partial charge >= 0.3 is 12.2 Å². The molecule has 0 radical (unpaired) electrons. The normalized spacial score (nSPS) is 14.4. The number of benzene rings is 2. The Hall–Kier alpha value is -4.37. The van der Waals surface area contributed by atoms with Crippen LogP contribution in [0.25, 0.3) is 11.1 Å². The third-order valence-corrected chi connectivity index (χ3v) is 5.95. The van der Waals surface area contributed by atoms with Crippen LogP contribution in [0, 0.1) is 22.9 Å². The summed E-state index contributed by atoms with van der Waals surface area (Å²) in [5, 5.41) is 12.0. The van der Waals surface area contributed by atoms with Gasteiger partial charge in [-0.15, -0.1) is 0 Å². The molecular formula is C25H23F6N7O2. The lowest BCUT2D eigenvalue weighted by Crippen LogP contribution is -2.35. The van der Waals surface area contributed by atoms with Gasteiger partial charge < -0.3 is 26.1 Å². The minimum atomic E-state index is -4.80. The summed E-state index contributed by atoms with van der Waals surface area (Å²) < 4.78 is 88.3. The molecule has 1 saturated heterocycles. The van der Waals surface area contributed by atoms with Gasteiger partial charge in [0.2, 0.25) is 0 Å². The molecule has 6 N–H and O–H groups in total. The van der Waals surface area contributed by atoms with Crippen molar-refractivity contribution in [1.82, 2.24) is 9.88 Å². The molecule has 40 heavy (non-hydrogen) atoms. The third-order valence-electron chi connectivity index (χ3n) is 5.95. The number of aromatic amines is 1. The van der Waals surface area contributed by atoms with Crippen LogP contribution < -0.4 is 16.4 Å². The number of amides is 2. The van der Waals surface area contributed by atoms with E-state index in [1.165, 1.54) is 0 Å². The molecular weight excluding hydrogens is 544 g/mol. The largest absolute Gasteiger partial charge is 0.416 e. The molecule has 0 atom stereocenters. The maximum atomic E-state index is 15.2. The van der Waals surface area contributed by atoms with Crippen LogP contribution in [-0.4, -0.2) is 54.4 Å². The molecule has 0 saturated carbocycles. The number of carbonyl (C=O) groups is 1. The Morgan fingerprint density at radius 3 is 2.35 bits per heavy atom. The van der Waals surface area contributed by atoms with Crippen LogP contribution >= 0.6 is 0 Å². The van der Waals surface area contributed by atoms with E-state index >= 15 is 8.78 Å². The highest BCUT2D eigenvalue weighted by molar-refractivity contribution is 6.05. The molecule has 0 aliphatic carbocycles. The molecule has 1 fully saturated rings. The minimum Gasteiger partial charge on any atom is -0.390 e. The number of anilines is 2. The number of amidine groups is 1. The summed E-state index contributed by atoms with van der Waals surface area (Å²) in [7, 11) is 0. The lowest BCUT2D eigenvalue weighted by atomic mass is 10.0. The SMILES string of the molecule is N=C(N=CN)c1[nH]c(CN2CCOCC2)cc1-c1cc(F)c(NC(=O)Nc2cc(C(F)(F)F)ccc2F)cc1F. The maximum absolute atomic E-state index is 15.2. The van der Waals surface area contributed by atoms with Gasteiger partial charge in [-0.2, -0.15) is 13.2 Å². The van der Waals surface area contributed by atoms with Crippen LogP contribution in [-0.2, 0) is 17.5 Å². The van der Waals surface area contributed by atoms with E-state index in [2.05, 4.69) is 14.9 Å². The number of carbonyl (C=O) groups excluding carboxylic acids is 1. The molecule has 212 valence electrons. The topological polar surface area (TPSA) is 132 Å². The number of hydrogen-bond donors (Lipinski definition) is 5. The number of nitrogens with two attached hydrogens (primary N) is 1. The molecule has 2 aromatic carbocycles. The molecule has 3 aromatic rings. The van der Waals surface area contributed by atoms with Gasteiger partial charge in [0, 0.05) is 42.5 Å². The number of aliphatic imine (C=N–C) groups is 1.